The van der Waals surface area contributed by atoms with E-state index in [1.54, 1.807) is 0 Å². The molecule has 0 saturated carbocycles. The molecule has 3 rings (SSSR count). The van der Waals surface area contributed by atoms with E-state index in [1.807, 2.05) is 50.2 Å². The van der Waals surface area contributed by atoms with Gasteiger partial charge < -0.3 is 9.88 Å². The van der Waals surface area contributed by atoms with Gasteiger partial charge in [0.05, 0.1) is 27.1 Å². The molecule has 0 fully saturated rings. The van der Waals surface area contributed by atoms with E-state index >= 15 is 0 Å². The van der Waals surface area contributed by atoms with Gasteiger partial charge in [0.15, 0.2) is 0 Å². The SMILES string of the molecule is CCC(CC)C(=O)NC(CC)c1nc2ccccc2n1Cc1ccc(Cl)c(Cl)c1. The van der Waals surface area contributed by atoms with Crippen LogP contribution in [0.1, 0.15) is 57.5 Å². The Balaban J connectivity index is 2.00. The van der Waals surface area contributed by atoms with E-state index in [0.29, 0.717) is 16.6 Å². The van der Waals surface area contributed by atoms with E-state index in [2.05, 4.69) is 22.9 Å². The zero-order valence-electron chi connectivity index (χ0n) is 17.1. The van der Waals surface area contributed by atoms with E-state index in [0.717, 1.165) is 41.7 Å². The van der Waals surface area contributed by atoms with Crippen LogP contribution in [0.15, 0.2) is 42.5 Å². The van der Waals surface area contributed by atoms with Crippen molar-refractivity contribution in [2.45, 2.75) is 52.6 Å². The molecule has 1 N–H and O–H groups in total. The zero-order chi connectivity index (χ0) is 21.0. The number of halogens is 2. The molecule has 0 radical (unpaired) electrons. The first-order valence-electron chi connectivity index (χ1n) is 10.2. The first-order valence-corrected chi connectivity index (χ1v) is 10.9. The molecule has 0 aliphatic rings. The van der Waals surface area contributed by atoms with E-state index in [1.165, 1.54) is 0 Å². The molecule has 0 saturated heterocycles. The van der Waals surface area contributed by atoms with Crippen molar-refractivity contribution in [3.63, 3.8) is 0 Å². The Morgan fingerprint density at radius 2 is 1.76 bits per heavy atom. The van der Waals surface area contributed by atoms with E-state index in [9.17, 15) is 4.79 Å². The quantitative estimate of drug-likeness (QED) is 0.448. The van der Waals surface area contributed by atoms with Crippen LogP contribution < -0.4 is 5.32 Å². The molecule has 1 aromatic heterocycles. The van der Waals surface area contributed by atoms with Crippen molar-refractivity contribution in [1.29, 1.82) is 0 Å². The van der Waals surface area contributed by atoms with Gasteiger partial charge in [-0.3, -0.25) is 4.79 Å². The van der Waals surface area contributed by atoms with Gasteiger partial charge >= 0.3 is 0 Å². The average Bonchev–Trinajstić information content (AvgIpc) is 3.08. The van der Waals surface area contributed by atoms with Crippen LogP contribution in [0, 0.1) is 5.92 Å². The predicted molar refractivity (Wildman–Crippen MR) is 121 cm³/mol. The highest BCUT2D eigenvalue weighted by Crippen LogP contribution is 2.27. The number of fused-ring (bicyclic) bond motifs is 1. The van der Waals surface area contributed by atoms with Crippen LogP contribution >= 0.6 is 23.2 Å². The Bertz CT molecular complexity index is 995. The third kappa shape index (κ3) is 4.76. The fourth-order valence-corrected chi connectivity index (χ4v) is 3.97. The lowest BCUT2D eigenvalue weighted by molar-refractivity contribution is -0.126. The lowest BCUT2D eigenvalue weighted by atomic mass is 10.0. The molecule has 4 nitrogen and oxygen atoms in total. The molecule has 0 aliphatic carbocycles. The Kier molecular flexibility index (Phi) is 7.20. The summed E-state index contributed by atoms with van der Waals surface area (Å²) in [5, 5.41) is 4.29. The van der Waals surface area contributed by atoms with Crippen molar-refractivity contribution >= 4 is 40.1 Å². The van der Waals surface area contributed by atoms with Gasteiger partial charge in [0.25, 0.3) is 0 Å². The number of hydrogen-bond donors (Lipinski definition) is 1. The van der Waals surface area contributed by atoms with Gasteiger partial charge in [0, 0.05) is 12.5 Å². The van der Waals surface area contributed by atoms with E-state index in [4.69, 9.17) is 28.2 Å². The van der Waals surface area contributed by atoms with E-state index < -0.39 is 0 Å². The molecule has 0 aliphatic heterocycles. The highest BCUT2D eigenvalue weighted by atomic mass is 35.5. The molecule has 0 bridgehead atoms. The minimum atomic E-state index is -0.154. The molecule has 2 aromatic carbocycles. The summed E-state index contributed by atoms with van der Waals surface area (Å²) in [4.78, 5) is 17.6. The molecule has 29 heavy (non-hydrogen) atoms. The number of hydrogen-bond acceptors (Lipinski definition) is 2. The molecule has 1 atom stereocenters. The van der Waals surface area contributed by atoms with Crippen LogP contribution in [0.2, 0.25) is 10.0 Å². The average molecular weight is 432 g/mol. The molecule has 1 unspecified atom stereocenters. The lowest BCUT2D eigenvalue weighted by Crippen LogP contribution is -2.34. The molecule has 154 valence electrons. The summed E-state index contributed by atoms with van der Waals surface area (Å²) in [5.74, 6) is 0.978. The summed E-state index contributed by atoms with van der Waals surface area (Å²) in [5.41, 5.74) is 2.98. The summed E-state index contributed by atoms with van der Waals surface area (Å²) in [6, 6.07) is 13.5. The normalized spacial score (nSPS) is 12.5. The number of nitrogens with one attached hydrogen (secondary N) is 1. The van der Waals surface area contributed by atoms with Crippen molar-refractivity contribution in [2.24, 2.45) is 5.92 Å². The number of aromatic nitrogens is 2. The second-order valence-electron chi connectivity index (χ2n) is 7.28. The molecular formula is C23H27Cl2N3O. The Labute approximate surface area is 182 Å². The number of amides is 1. The number of rotatable bonds is 8. The topological polar surface area (TPSA) is 46.9 Å². The van der Waals surface area contributed by atoms with Crippen LogP contribution in [-0.4, -0.2) is 15.5 Å². The van der Waals surface area contributed by atoms with Gasteiger partial charge in [-0.2, -0.15) is 0 Å². The van der Waals surface area contributed by atoms with Crippen molar-refractivity contribution in [3.8, 4) is 0 Å². The Hall–Kier alpha value is -2.04. The van der Waals surface area contributed by atoms with Gasteiger partial charge in [-0.25, -0.2) is 4.98 Å². The van der Waals surface area contributed by atoms with Crippen LogP contribution in [0.5, 0.6) is 0 Å². The number of carbonyl (C=O) groups is 1. The minimum absolute atomic E-state index is 0.0250. The molecular weight excluding hydrogens is 405 g/mol. The van der Waals surface area contributed by atoms with Gasteiger partial charge in [0.2, 0.25) is 5.91 Å². The fraction of sp³-hybridized carbons (Fsp3) is 0.391. The number of nitrogens with zero attached hydrogens (tertiary/aromatic N) is 2. The summed E-state index contributed by atoms with van der Waals surface area (Å²) in [7, 11) is 0. The van der Waals surface area contributed by atoms with Gasteiger partial charge in [-0.1, -0.05) is 62.2 Å². The number of imidazole rings is 1. The summed E-state index contributed by atoms with van der Waals surface area (Å²) >= 11 is 12.3. The summed E-state index contributed by atoms with van der Waals surface area (Å²) in [6.45, 7) is 6.77. The van der Waals surface area contributed by atoms with Crippen LogP contribution in [0.4, 0.5) is 0 Å². The minimum Gasteiger partial charge on any atom is -0.346 e. The van der Waals surface area contributed by atoms with Gasteiger partial charge in [-0.05, 0) is 49.1 Å². The molecule has 0 spiro atoms. The standard InChI is InChI=1S/C23H27Cl2N3O/c1-4-16(5-2)23(29)27-19(6-3)22-26-20-9-7-8-10-21(20)28(22)14-15-11-12-17(24)18(25)13-15/h7-13,16,19H,4-6,14H2,1-3H3,(H,27,29). The first kappa shape index (κ1) is 21.7. The maximum atomic E-state index is 12.7. The maximum Gasteiger partial charge on any atom is 0.223 e. The van der Waals surface area contributed by atoms with Gasteiger partial charge in [-0.15, -0.1) is 0 Å². The smallest absolute Gasteiger partial charge is 0.223 e. The second-order valence-corrected chi connectivity index (χ2v) is 8.09. The predicted octanol–water partition coefficient (Wildman–Crippen LogP) is 6.39. The third-order valence-corrected chi connectivity index (χ3v) is 6.14. The number of para-hydroxylation sites is 2. The Morgan fingerprint density at radius 3 is 2.41 bits per heavy atom. The first-order chi connectivity index (χ1) is 14.0. The highest BCUT2D eigenvalue weighted by molar-refractivity contribution is 6.42. The van der Waals surface area contributed by atoms with Crippen molar-refractivity contribution in [1.82, 2.24) is 14.9 Å². The third-order valence-electron chi connectivity index (χ3n) is 5.40. The molecule has 3 aromatic rings. The largest absolute Gasteiger partial charge is 0.346 e. The van der Waals surface area contributed by atoms with Crippen molar-refractivity contribution < 1.29 is 4.79 Å². The monoisotopic (exact) mass is 431 g/mol. The van der Waals surface area contributed by atoms with Crippen LogP contribution in [0.3, 0.4) is 0 Å². The van der Waals surface area contributed by atoms with E-state index in [-0.39, 0.29) is 17.9 Å². The highest BCUT2D eigenvalue weighted by Gasteiger charge is 2.23. The number of carbonyl (C=O) groups excluding carboxylic acids is 1. The van der Waals surface area contributed by atoms with Crippen LogP contribution in [0.25, 0.3) is 11.0 Å². The molecule has 1 heterocycles. The molecule has 6 heteroatoms. The van der Waals surface area contributed by atoms with Crippen molar-refractivity contribution in [2.75, 3.05) is 0 Å². The summed E-state index contributed by atoms with van der Waals surface area (Å²) in [6.07, 6.45) is 2.42. The van der Waals surface area contributed by atoms with Gasteiger partial charge in [0.1, 0.15) is 5.82 Å². The second kappa shape index (κ2) is 9.64. The molecule has 1 amide bonds. The van der Waals surface area contributed by atoms with Crippen molar-refractivity contribution in [3.05, 3.63) is 63.9 Å². The zero-order valence-corrected chi connectivity index (χ0v) is 18.6. The maximum absolute atomic E-state index is 12.7. The fourth-order valence-electron chi connectivity index (χ4n) is 3.65. The Morgan fingerprint density at radius 1 is 1.03 bits per heavy atom. The number of benzene rings is 2. The van der Waals surface area contributed by atoms with Crippen LogP contribution in [-0.2, 0) is 11.3 Å². The lowest BCUT2D eigenvalue weighted by Gasteiger charge is -2.21. The summed E-state index contributed by atoms with van der Waals surface area (Å²) < 4.78 is 2.16.